The highest BCUT2D eigenvalue weighted by atomic mass is 32.2. The normalized spacial score (nSPS) is 17.8. The molecule has 0 atom stereocenters. The number of carbonyl (C=O) groups is 1. The molecule has 1 N–H and O–H groups in total. The molecule has 0 unspecified atom stereocenters. The Morgan fingerprint density at radius 2 is 1.94 bits per heavy atom. The number of carbonyl (C=O) groups excluding carboxylic acids is 1. The van der Waals surface area contributed by atoms with Crippen LogP contribution in [0.4, 0.5) is 0 Å². The maximum Gasteiger partial charge on any atom is 0.235 e. The molecule has 0 radical (unpaired) electrons. The maximum atomic E-state index is 12.0. The Hall–Kier alpha value is -1.40. The summed E-state index contributed by atoms with van der Waals surface area (Å²) in [7, 11) is -3.40. The second-order valence-electron chi connectivity index (χ2n) is 3.93. The Labute approximate surface area is 100 Å². The van der Waals surface area contributed by atoms with Crippen molar-refractivity contribution in [2.75, 3.05) is 19.6 Å². The van der Waals surface area contributed by atoms with Crippen molar-refractivity contribution >= 4 is 15.9 Å². The van der Waals surface area contributed by atoms with Crippen molar-refractivity contribution < 1.29 is 13.2 Å². The first-order valence-corrected chi connectivity index (χ1v) is 6.97. The SMILES string of the molecule is O=C1CN(S(=O)(=O)Cc2ccccc2)CCN1. The number of benzene rings is 1. The minimum absolute atomic E-state index is 0.0544. The van der Waals surface area contributed by atoms with Crippen molar-refractivity contribution in [3.63, 3.8) is 0 Å². The molecule has 2 rings (SSSR count). The molecule has 1 aromatic rings. The molecule has 92 valence electrons. The molecule has 1 heterocycles. The van der Waals surface area contributed by atoms with Gasteiger partial charge in [-0.05, 0) is 5.56 Å². The number of hydrogen-bond donors (Lipinski definition) is 1. The molecule has 6 heteroatoms. The van der Waals surface area contributed by atoms with E-state index in [1.54, 1.807) is 24.3 Å². The van der Waals surface area contributed by atoms with E-state index in [1.165, 1.54) is 4.31 Å². The standard InChI is InChI=1S/C11H14N2O3S/c14-11-8-13(7-6-12-11)17(15,16)9-10-4-2-1-3-5-10/h1-5H,6-9H2,(H,12,14). The Morgan fingerprint density at radius 3 is 2.59 bits per heavy atom. The zero-order valence-corrected chi connectivity index (χ0v) is 10.1. The Bertz CT molecular complexity index is 499. The molecule has 1 aliphatic rings. The summed E-state index contributed by atoms with van der Waals surface area (Å²) in [5.41, 5.74) is 0.735. The monoisotopic (exact) mass is 254 g/mol. The highest BCUT2D eigenvalue weighted by Gasteiger charge is 2.27. The van der Waals surface area contributed by atoms with E-state index in [-0.39, 0.29) is 18.2 Å². The van der Waals surface area contributed by atoms with Crippen LogP contribution in [0, 0.1) is 0 Å². The van der Waals surface area contributed by atoms with Crippen LogP contribution in [0.3, 0.4) is 0 Å². The molecular formula is C11H14N2O3S. The largest absolute Gasteiger partial charge is 0.354 e. The van der Waals surface area contributed by atoms with E-state index < -0.39 is 10.0 Å². The quantitative estimate of drug-likeness (QED) is 0.822. The predicted octanol–water partition coefficient (Wildman–Crippen LogP) is -0.0518. The number of sulfonamides is 1. The summed E-state index contributed by atoms with van der Waals surface area (Å²) in [6.45, 7) is 0.656. The van der Waals surface area contributed by atoms with Crippen molar-refractivity contribution in [3.05, 3.63) is 35.9 Å². The number of nitrogens with one attached hydrogen (secondary N) is 1. The molecular weight excluding hydrogens is 240 g/mol. The van der Waals surface area contributed by atoms with E-state index in [1.807, 2.05) is 6.07 Å². The van der Waals surface area contributed by atoms with Gasteiger partial charge < -0.3 is 5.32 Å². The van der Waals surface area contributed by atoms with Crippen LogP contribution < -0.4 is 5.32 Å². The van der Waals surface area contributed by atoms with Crippen molar-refractivity contribution in [2.45, 2.75) is 5.75 Å². The van der Waals surface area contributed by atoms with Gasteiger partial charge in [-0.2, -0.15) is 4.31 Å². The van der Waals surface area contributed by atoms with Gasteiger partial charge in [-0.3, -0.25) is 4.79 Å². The molecule has 1 aromatic carbocycles. The van der Waals surface area contributed by atoms with Crippen LogP contribution in [-0.2, 0) is 20.6 Å². The van der Waals surface area contributed by atoms with E-state index in [9.17, 15) is 13.2 Å². The first-order chi connectivity index (χ1) is 8.08. The molecule has 0 aliphatic carbocycles. The highest BCUT2D eigenvalue weighted by molar-refractivity contribution is 7.88. The highest BCUT2D eigenvalue weighted by Crippen LogP contribution is 2.11. The van der Waals surface area contributed by atoms with Crippen LogP contribution in [-0.4, -0.2) is 38.3 Å². The summed E-state index contributed by atoms with van der Waals surface area (Å²) in [5, 5.41) is 2.60. The average molecular weight is 254 g/mol. The van der Waals surface area contributed by atoms with Gasteiger partial charge in [0.2, 0.25) is 15.9 Å². The van der Waals surface area contributed by atoms with Gasteiger partial charge in [-0.15, -0.1) is 0 Å². The second kappa shape index (κ2) is 4.85. The van der Waals surface area contributed by atoms with E-state index in [0.717, 1.165) is 5.56 Å². The van der Waals surface area contributed by atoms with Crippen LogP contribution in [0.2, 0.25) is 0 Å². The van der Waals surface area contributed by atoms with Crippen LogP contribution >= 0.6 is 0 Å². The van der Waals surface area contributed by atoms with Gasteiger partial charge in [-0.25, -0.2) is 8.42 Å². The number of hydrogen-bond acceptors (Lipinski definition) is 3. The Balaban J connectivity index is 2.11. The van der Waals surface area contributed by atoms with Crippen molar-refractivity contribution in [1.82, 2.24) is 9.62 Å². The molecule has 0 saturated carbocycles. The number of piperazine rings is 1. The van der Waals surface area contributed by atoms with E-state index >= 15 is 0 Å². The van der Waals surface area contributed by atoms with Gasteiger partial charge in [0.1, 0.15) is 0 Å². The number of nitrogens with zero attached hydrogens (tertiary/aromatic N) is 1. The summed E-state index contributed by atoms with van der Waals surface area (Å²) < 4.78 is 25.3. The molecule has 17 heavy (non-hydrogen) atoms. The Kier molecular flexibility index (Phi) is 3.44. The smallest absolute Gasteiger partial charge is 0.235 e. The van der Waals surface area contributed by atoms with Crippen LogP contribution in [0.1, 0.15) is 5.56 Å². The summed E-state index contributed by atoms with van der Waals surface area (Å²) >= 11 is 0. The zero-order chi connectivity index (χ0) is 12.3. The molecule has 1 amide bonds. The first-order valence-electron chi connectivity index (χ1n) is 5.36. The van der Waals surface area contributed by atoms with E-state index in [2.05, 4.69) is 5.32 Å². The van der Waals surface area contributed by atoms with Gasteiger partial charge in [-0.1, -0.05) is 30.3 Å². The van der Waals surface area contributed by atoms with Crippen molar-refractivity contribution in [1.29, 1.82) is 0 Å². The van der Waals surface area contributed by atoms with Gasteiger partial charge in [0.25, 0.3) is 0 Å². The topological polar surface area (TPSA) is 66.5 Å². The lowest BCUT2D eigenvalue weighted by atomic mass is 10.2. The summed E-state index contributed by atoms with van der Waals surface area (Å²) in [4.78, 5) is 11.2. The van der Waals surface area contributed by atoms with Crippen LogP contribution in [0.25, 0.3) is 0 Å². The van der Waals surface area contributed by atoms with Gasteiger partial charge >= 0.3 is 0 Å². The summed E-state index contributed by atoms with van der Waals surface area (Å²) in [6.07, 6.45) is 0. The van der Waals surface area contributed by atoms with Crippen molar-refractivity contribution in [3.8, 4) is 0 Å². The second-order valence-corrected chi connectivity index (χ2v) is 5.89. The van der Waals surface area contributed by atoms with Gasteiger partial charge in [0.05, 0.1) is 12.3 Å². The summed E-state index contributed by atoms with van der Waals surface area (Å²) in [5.74, 6) is -0.297. The third kappa shape index (κ3) is 3.04. The fourth-order valence-electron chi connectivity index (χ4n) is 1.73. The molecule has 5 nitrogen and oxygen atoms in total. The molecule has 0 spiro atoms. The van der Waals surface area contributed by atoms with E-state index in [4.69, 9.17) is 0 Å². The number of rotatable bonds is 3. The lowest BCUT2D eigenvalue weighted by Gasteiger charge is -2.25. The van der Waals surface area contributed by atoms with Gasteiger partial charge in [0, 0.05) is 13.1 Å². The fourth-order valence-corrected chi connectivity index (χ4v) is 3.21. The lowest BCUT2D eigenvalue weighted by Crippen LogP contribution is -2.50. The Morgan fingerprint density at radius 1 is 1.24 bits per heavy atom. The lowest BCUT2D eigenvalue weighted by molar-refractivity contribution is -0.122. The minimum atomic E-state index is -3.40. The maximum absolute atomic E-state index is 12.0. The molecule has 0 aromatic heterocycles. The minimum Gasteiger partial charge on any atom is -0.354 e. The summed E-state index contributed by atoms with van der Waals surface area (Å²) in [6, 6.07) is 8.97. The van der Waals surface area contributed by atoms with Crippen LogP contribution in [0.5, 0.6) is 0 Å². The fraction of sp³-hybridized carbons (Fsp3) is 0.364. The molecule has 1 saturated heterocycles. The van der Waals surface area contributed by atoms with Gasteiger partial charge in [0.15, 0.2) is 0 Å². The third-order valence-corrected chi connectivity index (χ3v) is 4.39. The average Bonchev–Trinajstić information content (AvgIpc) is 2.30. The third-order valence-electron chi connectivity index (χ3n) is 2.59. The molecule has 1 fully saturated rings. The van der Waals surface area contributed by atoms with E-state index in [0.29, 0.717) is 13.1 Å². The number of amides is 1. The molecule has 0 bridgehead atoms. The predicted molar refractivity (Wildman–Crippen MR) is 63.6 cm³/mol. The van der Waals surface area contributed by atoms with Crippen molar-refractivity contribution in [2.24, 2.45) is 0 Å². The first kappa shape index (κ1) is 12.1. The molecule has 1 aliphatic heterocycles. The zero-order valence-electron chi connectivity index (χ0n) is 9.30. The van der Waals surface area contributed by atoms with Crippen LogP contribution in [0.15, 0.2) is 30.3 Å².